The molecule has 15 heavy (non-hydrogen) atoms. The first-order valence-corrected chi connectivity index (χ1v) is 5.22. The van der Waals surface area contributed by atoms with Gasteiger partial charge in [0, 0.05) is 12.8 Å². The van der Waals surface area contributed by atoms with E-state index in [-0.39, 0.29) is 11.6 Å². The van der Waals surface area contributed by atoms with Gasteiger partial charge in [0.25, 0.3) is 0 Å². The second-order valence-corrected chi connectivity index (χ2v) is 4.23. The average Bonchev–Trinajstić information content (AvgIpc) is 2.48. The fourth-order valence-corrected chi connectivity index (χ4v) is 2.21. The summed E-state index contributed by atoms with van der Waals surface area (Å²) in [6.07, 6.45) is 0.827. The summed E-state index contributed by atoms with van der Waals surface area (Å²) < 4.78 is 0. The lowest BCUT2D eigenvalue weighted by atomic mass is 9.91. The summed E-state index contributed by atoms with van der Waals surface area (Å²) in [5.41, 5.74) is 3.10. The Labute approximate surface area is 89.3 Å². The highest BCUT2D eigenvalue weighted by Crippen LogP contribution is 2.30. The zero-order valence-electron chi connectivity index (χ0n) is 9.04. The quantitative estimate of drug-likeness (QED) is 0.655. The highest BCUT2D eigenvalue weighted by Gasteiger charge is 2.34. The molecule has 1 aliphatic carbocycles. The Morgan fingerprint density at radius 1 is 1.07 bits per heavy atom. The molecule has 0 radical (unpaired) electrons. The fraction of sp³-hybridized carbons (Fsp3) is 0.385. The van der Waals surface area contributed by atoms with Crippen LogP contribution in [0.5, 0.6) is 0 Å². The van der Waals surface area contributed by atoms with E-state index in [4.69, 9.17) is 0 Å². The summed E-state index contributed by atoms with van der Waals surface area (Å²) in [5.74, 6) is -0.329. The van der Waals surface area contributed by atoms with Crippen molar-refractivity contribution in [1.82, 2.24) is 0 Å². The summed E-state index contributed by atoms with van der Waals surface area (Å²) in [6.45, 7) is 3.97. The third kappa shape index (κ3) is 1.72. The van der Waals surface area contributed by atoms with E-state index in [1.807, 2.05) is 32.0 Å². The van der Waals surface area contributed by atoms with Gasteiger partial charge < -0.3 is 0 Å². The fourth-order valence-electron chi connectivity index (χ4n) is 2.21. The lowest BCUT2D eigenvalue weighted by Gasteiger charge is -2.11. The molecule has 1 aromatic rings. The van der Waals surface area contributed by atoms with E-state index in [9.17, 15) is 9.59 Å². The lowest BCUT2D eigenvalue weighted by molar-refractivity contribution is -0.123. The Hall–Kier alpha value is -1.44. The van der Waals surface area contributed by atoms with Gasteiger partial charge in [-0.15, -0.1) is 0 Å². The number of Topliss-reactive ketones (excluding diaryl/α,β-unsaturated/α-hetero) is 2. The first-order valence-electron chi connectivity index (χ1n) is 5.22. The van der Waals surface area contributed by atoms with Crippen molar-refractivity contribution in [2.24, 2.45) is 0 Å². The van der Waals surface area contributed by atoms with Crippen LogP contribution >= 0.6 is 0 Å². The zero-order chi connectivity index (χ0) is 11.0. The minimum absolute atomic E-state index is 0.0759. The molecule has 78 valence electrons. The van der Waals surface area contributed by atoms with Gasteiger partial charge in [-0.3, -0.25) is 9.59 Å². The molecule has 0 unspecified atom stereocenters. The van der Waals surface area contributed by atoms with Crippen molar-refractivity contribution < 1.29 is 9.59 Å². The summed E-state index contributed by atoms with van der Waals surface area (Å²) in [5, 5.41) is 0. The van der Waals surface area contributed by atoms with E-state index >= 15 is 0 Å². The SMILES string of the molecule is Cc1ccc(C2C(=O)CCC2=O)c(C)c1. The van der Waals surface area contributed by atoms with Crippen LogP contribution in [0.15, 0.2) is 18.2 Å². The number of rotatable bonds is 1. The molecule has 0 aromatic heterocycles. The summed E-state index contributed by atoms with van der Waals surface area (Å²) >= 11 is 0. The maximum atomic E-state index is 11.6. The number of aryl methyl sites for hydroxylation is 2. The van der Waals surface area contributed by atoms with E-state index in [1.54, 1.807) is 0 Å². The van der Waals surface area contributed by atoms with Crippen LogP contribution in [-0.2, 0) is 9.59 Å². The van der Waals surface area contributed by atoms with Crippen molar-refractivity contribution in [2.75, 3.05) is 0 Å². The summed E-state index contributed by atoms with van der Waals surface area (Å²) in [7, 11) is 0. The van der Waals surface area contributed by atoms with Gasteiger partial charge in [0.2, 0.25) is 0 Å². The summed E-state index contributed by atoms with van der Waals surface area (Å²) in [4.78, 5) is 23.2. The van der Waals surface area contributed by atoms with Crippen molar-refractivity contribution in [1.29, 1.82) is 0 Å². The van der Waals surface area contributed by atoms with Gasteiger partial charge in [-0.1, -0.05) is 23.8 Å². The van der Waals surface area contributed by atoms with E-state index in [1.165, 1.54) is 0 Å². The Balaban J connectivity index is 2.45. The van der Waals surface area contributed by atoms with Crippen LogP contribution in [0.1, 0.15) is 35.4 Å². The van der Waals surface area contributed by atoms with E-state index in [0.717, 1.165) is 16.7 Å². The van der Waals surface area contributed by atoms with Crippen LogP contribution in [0.3, 0.4) is 0 Å². The minimum atomic E-state index is -0.481. The highest BCUT2D eigenvalue weighted by atomic mass is 16.2. The number of carbonyl (C=O) groups is 2. The predicted octanol–water partition coefficient (Wildman–Crippen LogP) is 2.32. The Kier molecular flexibility index (Phi) is 2.43. The number of ketones is 2. The van der Waals surface area contributed by atoms with E-state index in [2.05, 4.69) is 0 Å². The van der Waals surface area contributed by atoms with Gasteiger partial charge >= 0.3 is 0 Å². The van der Waals surface area contributed by atoms with Crippen molar-refractivity contribution >= 4 is 11.6 Å². The topological polar surface area (TPSA) is 34.1 Å². The molecule has 2 heteroatoms. The van der Waals surface area contributed by atoms with Gasteiger partial charge in [-0.25, -0.2) is 0 Å². The predicted molar refractivity (Wildman–Crippen MR) is 57.9 cm³/mol. The first kappa shape index (κ1) is 10.1. The van der Waals surface area contributed by atoms with Crippen molar-refractivity contribution in [3.8, 4) is 0 Å². The minimum Gasteiger partial charge on any atom is -0.299 e. The molecule has 1 fully saturated rings. The van der Waals surface area contributed by atoms with Crippen LogP contribution in [0, 0.1) is 13.8 Å². The third-order valence-corrected chi connectivity index (χ3v) is 3.00. The maximum Gasteiger partial charge on any atom is 0.148 e. The third-order valence-electron chi connectivity index (χ3n) is 3.00. The Bertz CT molecular complexity index is 416. The van der Waals surface area contributed by atoms with Gasteiger partial charge in [-0.05, 0) is 25.0 Å². The molecular formula is C13H14O2. The average molecular weight is 202 g/mol. The number of benzene rings is 1. The number of carbonyl (C=O) groups excluding carboxylic acids is 2. The highest BCUT2D eigenvalue weighted by molar-refractivity contribution is 6.13. The van der Waals surface area contributed by atoms with Gasteiger partial charge in [0.1, 0.15) is 17.5 Å². The van der Waals surface area contributed by atoms with Crippen molar-refractivity contribution in [3.63, 3.8) is 0 Å². The molecule has 0 amide bonds. The number of hydrogen-bond acceptors (Lipinski definition) is 2. The van der Waals surface area contributed by atoms with Crippen LogP contribution in [0.2, 0.25) is 0 Å². The van der Waals surface area contributed by atoms with E-state index in [0.29, 0.717) is 12.8 Å². The van der Waals surface area contributed by atoms with Gasteiger partial charge in [0.05, 0.1) is 0 Å². The van der Waals surface area contributed by atoms with Crippen LogP contribution in [0.4, 0.5) is 0 Å². The second kappa shape index (κ2) is 3.61. The van der Waals surface area contributed by atoms with Crippen molar-refractivity contribution in [3.05, 3.63) is 34.9 Å². The molecule has 0 bridgehead atoms. The molecule has 0 heterocycles. The summed E-state index contributed by atoms with van der Waals surface area (Å²) in [6, 6.07) is 5.89. The molecule has 0 aliphatic heterocycles. The first-order chi connectivity index (χ1) is 7.09. The monoisotopic (exact) mass is 202 g/mol. The molecule has 0 spiro atoms. The zero-order valence-corrected chi connectivity index (χ0v) is 9.04. The van der Waals surface area contributed by atoms with E-state index < -0.39 is 5.92 Å². The molecule has 2 rings (SSSR count). The molecule has 2 nitrogen and oxygen atoms in total. The van der Waals surface area contributed by atoms with Gasteiger partial charge in [0.15, 0.2) is 0 Å². The van der Waals surface area contributed by atoms with Gasteiger partial charge in [-0.2, -0.15) is 0 Å². The van der Waals surface area contributed by atoms with Crippen molar-refractivity contribution in [2.45, 2.75) is 32.6 Å². The molecular weight excluding hydrogens is 188 g/mol. The Morgan fingerprint density at radius 2 is 1.67 bits per heavy atom. The molecule has 1 aliphatic rings. The molecule has 0 atom stereocenters. The van der Waals surface area contributed by atoms with Crippen LogP contribution in [-0.4, -0.2) is 11.6 Å². The van der Waals surface area contributed by atoms with Crippen LogP contribution in [0.25, 0.3) is 0 Å². The smallest absolute Gasteiger partial charge is 0.148 e. The van der Waals surface area contributed by atoms with Crippen LogP contribution < -0.4 is 0 Å². The largest absolute Gasteiger partial charge is 0.299 e. The Morgan fingerprint density at radius 3 is 2.20 bits per heavy atom. The molecule has 1 saturated carbocycles. The molecule has 0 N–H and O–H groups in total. The number of hydrogen-bond donors (Lipinski definition) is 0. The molecule has 1 aromatic carbocycles. The normalized spacial score (nSPS) is 17.5. The lowest BCUT2D eigenvalue weighted by Crippen LogP contribution is -2.13. The second-order valence-electron chi connectivity index (χ2n) is 4.23. The molecule has 0 saturated heterocycles. The standard InChI is InChI=1S/C13H14O2/c1-8-3-4-10(9(2)7-8)13-11(14)5-6-12(13)15/h3-4,7,13H,5-6H2,1-2H3. The maximum absolute atomic E-state index is 11.6.